The van der Waals surface area contributed by atoms with Crippen LogP contribution in [0.2, 0.25) is 0 Å². The zero-order valence-corrected chi connectivity index (χ0v) is 23.3. The fourth-order valence-electron chi connectivity index (χ4n) is 4.47. The zero-order valence-electron chi connectivity index (χ0n) is 21.5. The maximum Gasteiger partial charge on any atom is 0.0811 e. The standard InChI is InChI=1S/C34H32N2P2/c1-5-17-31(18-6-1)37(32-19-7-2-8-20-32)26-14-25-35-27-29-15-13-16-30(36-29)28-38(33-21-9-3-10-22-33)34-23-11-4-12-24-34/h1-13,15-24,27H,14,25-26,28H2. The van der Waals surface area contributed by atoms with Crippen molar-refractivity contribution >= 4 is 43.3 Å². The number of pyridine rings is 1. The summed E-state index contributed by atoms with van der Waals surface area (Å²) in [4.78, 5) is 9.73. The fraction of sp³-hybridized carbons (Fsp3) is 0.118. The van der Waals surface area contributed by atoms with Crippen LogP contribution in [-0.2, 0) is 6.16 Å². The average Bonchev–Trinajstić information content (AvgIpc) is 3.00. The lowest BCUT2D eigenvalue weighted by molar-refractivity contribution is 0.943. The van der Waals surface area contributed by atoms with E-state index in [0.29, 0.717) is 0 Å². The molecule has 0 aliphatic rings. The predicted octanol–water partition coefficient (Wildman–Crippen LogP) is 6.66. The molecule has 0 atom stereocenters. The molecule has 0 saturated heterocycles. The molecule has 1 heterocycles. The highest BCUT2D eigenvalue weighted by Crippen LogP contribution is 2.37. The van der Waals surface area contributed by atoms with Crippen molar-refractivity contribution in [1.82, 2.24) is 4.98 Å². The molecule has 188 valence electrons. The highest BCUT2D eigenvalue weighted by atomic mass is 31.1. The molecule has 1 aromatic heterocycles. The summed E-state index contributed by atoms with van der Waals surface area (Å²) in [5, 5.41) is 5.62. The predicted molar refractivity (Wildman–Crippen MR) is 168 cm³/mol. The van der Waals surface area contributed by atoms with E-state index in [4.69, 9.17) is 9.98 Å². The second kappa shape index (κ2) is 13.9. The van der Waals surface area contributed by atoms with Crippen molar-refractivity contribution in [2.24, 2.45) is 4.99 Å². The van der Waals surface area contributed by atoms with Crippen molar-refractivity contribution in [3.63, 3.8) is 0 Å². The number of aliphatic imine (C=N–C) groups is 1. The van der Waals surface area contributed by atoms with Gasteiger partial charge in [0.25, 0.3) is 0 Å². The van der Waals surface area contributed by atoms with Gasteiger partial charge in [0, 0.05) is 24.6 Å². The van der Waals surface area contributed by atoms with Crippen LogP contribution in [-0.4, -0.2) is 23.9 Å². The van der Waals surface area contributed by atoms with E-state index in [-0.39, 0.29) is 7.92 Å². The Morgan fingerprint density at radius 2 is 1.00 bits per heavy atom. The Bertz CT molecular complexity index is 1330. The molecule has 0 unspecified atom stereocenters. The average molecular weight is 531 g/mol. The van der Waals surface area contributed by atoms with Crippen LogP contribution in [0.25, 0.3) is 0 Å². The summed E-state index contributed by atoms with van der Waals surface area (Å²) in [6.07, 6.45) is 5.05. The van der Waals surface area contributed by atoms with Gasteiger partial charge in [-0.05, 0) is 61.8 Å². The van der Waals surface area contributed by atoms with Crippen molar-refractivity contribution in [2.75, 3.05) is 12.7 Å². The third-order valence-corrected chi connectivity index (χ3v) is 11.4. The summed E-state index contributed by atoms with van der Waals surface area (Å²) < 4.78 is 0. The van der Waals surface area contributed by atoms with Crippen LogP contribution in [0.3, 0.4) is 0 Å². The molecule has 0 fully saturated rings. The molecule has 0 spiro atoms. The summed E-state index contributed by atoms with van der Waals surface area (Å²) in [6, 6.07) is 49.8. The van der Waals surface area contributed by atoms with Gasteiger partial charge in [-0.25, -0.2) is 0 Å². The number of nitrogens with zero attached hydrogens (tertiary/aromatic N) is 2. The minimum absolute atomic E-state index is 0.369. The minimum atomic E-state index is -0.515. The highest BCUT2D eigenvalue weighted by Gasteiger charge is 2.15. The smallest absolute Gasteiger partial charge is 0.0811 e. The van der Waals surface area contributed by atoms with Crippen LogP contribution in [0.15, 0.2) is 145 Å². The molecule has 4 aromatic carbocycles. The molecule has 5 rings (SSSR count). The molecule has 0 radical (unpaired) electrons. The van der Waals surface area contributed by atoms with Gasteiger partial charge in [0.05, 0.1) is 5.69 Å². The van der Waals surface area contributed by atoms with Gasteiger partial charge in [-0.1, -0.05) is 127 Å². The van der Waals surface area contributed by atoms with Crippen molar-refractivity contribution < 1.29 is 0 Å². The molecule has 0 N–H and O–H groups in total. The maximum absolute atomic E-state index is 4.96. The normalized spacial score (nSPS) is 11.4. The molecule has 0 saturated carbocycles. The summed E-state index contributed by atoms with van der Waals surface area (Å²) in [7, 11) is -0.883. The van der Waals surface area contributed by atoms with Gasteiger partial charge in [0.15, 0.2) is 0 Å². The Morgan fingerprint density at radius 1 is 0.526 bits per heavy atom. The lowest BCUT2D eigenvalue weighted by Crippen LogP contribution is -2.14. The molecule has 2 nitrogen and oxygen atoms in total. The first-order chi connectivity index (χ1) is 18.9. The van der Waals surface area contributed by atoms with E-state index < -0.39 is 7.92 Å². The van der Waals surface area contributed by atoms with Crippen molar-refractivity contribution in [1.29, 1.82) is 0 Å². The van der Waals surface area contributed by atoms with Crippen LogP contribution in [0.4, 0.5) is 0 Å². The van der Waals surface area contributed by atoms with E-state index in [1.54, 1.807) is 0 Å². The molecule has 0 aliphatic heterocycles. The topological polar surface area (TPSA) is 25.2 Å². The van der Waals surface area contributed by atoms with Crippen LogP contribution in [0.5, 0.6) is 0 Å². The Balaban J connectivity index is 1.23. The van der Waals surface area contributed by atoms with Crippen molar-refractivity contribution in [2.45, 2.75) is 12.6 Å². The van der Waals surface area contributed by atoms with E-state index in [1.807, 2.05) is 6.21 Å². The van der Waals surface area contributed by atoms with E-state index >= 15 is 0 Å². The first kappa shape index (κ1) is 26.2. The maximum atomic E-state index is 4.96. The van der Waals surface area contributed by atoms with Crippen molar-refractivity contribution in [3.8, 4) is 0 Å². The van der Waals surface area contributed by atoms with Gasteiger partial charge >= 0.3 is 0 Å². The van der Waals surface area contributed by atoms with E-state index in [0.717, 1.165) is 36.7 Å². The van der Waals surface area contributed by atoms with Gasteiger partial charge < -0.3 is 0 Å². The lowest BCUT2D eigenvalue weighted by Gasteiger charge is -2.18. The second-order valence-corrected chi connectivity index (χ2v) is 13.6. The Morgan fingerprint density at radius 3 is 1.50 bits per heavy atom. The molecule has 0 amide bonds. The summed E-state index contributed by atoms with van der Waals surface area (Å²) in [5.74, 6) is 0. The number of hydrogen-bond acceptors (Lipinski definition) is 2. The third-order valence-electron chi connectivity index (χ3n) is 6.31. The molecular weight excluding hydrogens is 498 g/mol. The van der Waals surface area contributed by atoms with Gasteiger partial charge in [-0.15, -0.1) is 0 Å². The monoisotopic (exact) mass is 530 g/mol. The summed E-state index contributed by atoms with van der Waals surface area (Å²) in [5.41, 5.74) is 2.05. The number of benzene rings is 4. The van der Waals surface area contributed by atoms with Crippen LogP contribution >= 0.6 is 15.8 Å². The number of rotatable bonds is 11. The van der Waals surface area contributed by atoms with Crippen molar-refractivity contribution in [3.05, 3.63) is 151 Å². The number of aromatic nitrogens is 1. The zero-order chi connectivity index (χ0) is 25.8. The van der Waals surface area contributed by atoms with E-state index in [9.17, 15) is 0 Å². The molecule has 4 heteroatoms. The molecule has 0 aliphatic carbocycles. The van der Waals surface area contributed by atoms with Gasteiger partial charge in [0.1, 0.15) is 0 Å². The van der Waals surface area contributed by atoms with Gasteiger partial charge in [-0.2, -0.15) is 0 Å². The van der Waals surface area contributed by atoms with Crippen LogP contribution in [0, 0.1) is 0 Å². The SMILES string of the molecule is C(=NCCCP(c1ccccc1)c1ccccc1)c1cccc(CP(c2ccccc2)c2ccccc2)n1. The van der Waals surface area contributed by atoms with E-state index in [1.165, 1.54) is 21.2 Å². The minimum Gasteiger partial charge on any atom is -0.291 e. The fourth-order valence-corrected chi connectivity index (χ4v) is 9.03. The van der Waals surface area contributed by atoms with Gasteiger partial charge in [-0.3, -0.25) is 9.98 Å². The lowest BCUT2D eigenvalue weighted by atomic mass is 10.3. The number of hydrogen-bond donors (Lipinski definition) is 0. The molecule has 5 aromatic rings. The Kier molecular flexibility index (Phi) is 9.59. The highest BCUT2D eigenvalue weighted by molar-refractivity contribution is 7.73. The summed E-state index contributed by atoms with van der Waals surface area (Å²) in [6.45, 7) is 0.811. The van der Waals surface area contributed by atoms with Crippen LogP contribution in [0.1, 0.15) is 17.8 Å². The quantitative estimate of drug-likeness (QED) is 0.107. The molecule has 38 heavy (non-hydrogen) atoms. The van der Waals surface area contributed by atoms with Crippen LogP contribution < -0.4 is 21.2 Å². The first-order valence-corrected chi connectivity index (χ1v) is 16.1. The molecule has 0 bridgehead atoms. The van der Waals surface area contributed by atoms with E-state index in [2.05, 4.69) is 140 Å². The Labute approximate surface area is 229 Å². The molecular formula is C34H32N2P2. The summed E-state index contributed by atoms with van der Waals surface area (Å²) >= 11 is 0. The van der Waals surface area contributed by atoms with Gasteiger partial charge in [0.2, 0.25) is 0 Å². The first-order valence-electron chi connectivity index (χ1n) is 13.1. The largest absolute Gasteiger partial charge is 0.291 e. The Hall–Kier alpha value is -3.44. The second-order valence-electron chi connectivity index (χ2n) is 9.02. The third kappa shape index (κ3) is 7.32.